The highest BCUT2D eigenvalue weighted by Gasteiger charge is 2.03. The van der Waals surface area contributed by atoms with E-state index >= 15 is 0 Å². The van der Waals surface area contributed by atoms with Crippen molar-refractivity contribution in [3.05, 3.63) is 22.3 Å². The van der Waals surface area contributed by atoms with Gasteiger partial charge in [0.25, 0.3) is 0 Å². The predicted molar refractivity (Wildman–Crippen MR) is 34.8 cm³/mol. The van der Waals surface area contributed by atoms with Crippen molar-refractivity contribution in [2.75, 3.05) is 0 Å². The van der Waals surface area contributed by atoms with E-state index in [4.69, 9.17) is 0 Å². The zero-order valence-electron chi connectivity index (χ0n) is 5.75. The van der Waals surface area contributed by atoms with E-state index < -0.39 is 5.97 Å². The van der Waals surface area contributed by atoms with Gasteiger partial charge in [-0.1, -0.05) is 0 Å². The standard InChI is InChI=1S/C6H7NO3/c1-3-4-5(2)6(8)10-7-9/h3H,1-2H3. The van der Waals surface area contributed by atoms with E-state index in [1.54, 1.807) is 13.0 Å². The Morgan fingerprint density at radius 1 is 1.70 bits per heavy atom. The van der Waals surface area contributed by atoms with Crippen molar-refractivity contribution in [1.82, 2.24) is 0 Å². The first-order chi connectivity index (χ1) is 4.72. The molecule has 0 bridgehead atoms. The summed E-state index contributed by atoms with van der Waals surface area (Å²) < 4.78 is 0. The minimum atomic E-state index is -0.770. The van der Waals surface area contributed by atoms with Crippen molar-refractivity contribution in [3.8, 4) is 0 Å². The monoisotopic (exact) mass is 141 g/mol. The summed E-state index contributed by atoms with van der Waals surface area (Å²) in [5.74, 6) is -0.770. The van der Waals surface area contributed by atoms with Crippen LogP contribution in [-0.2, 0) is 9.63 Å². The van der Waals surface area contributed by atoms with Crippen LogP contribution in [0.15, 0.2) is 22.7 Å². The van der Waals surface area contributed by atoms with E-state index in [0.29, 0.717) is 0 Å². The van der Waals surface area contributed by atoms with Crippen LogP contribution in [0.1, 0.15) is 13.8 Å². The van der Waals surface area contributed by atoms with E-state index in [9.17, 15) is 9.70 Å². The Balaban J connectivity index is 4.21. The van der Waals surface area contributed by atoms with Gasteiger partial charge >= 0.3 is 5.97 Å². The van der Waals surface area contributed by atoms with E-state index in [0.717, 1.165) is 0 Å². The van der Waals surface area contributed by atoms with Gasteiger partial charge in [0.15, 0.2) is 5.34 Å². The Bertz CT molecular complexity index is 201. The van der Waals surface area contributed by atoms with Crippen LogP contribution < -0.4 is 0 Å². The largest absolute Gasteiger partial charge is 0.372 e. The highest BCUT2D eigenvalue weighted by Crippen LogP contribution is 1.93. The summed E-state index contributed by atoms with van der Waals surface area (Å²) in [6, 6.07) is 0. The molecule has 0 unspecified atom stereocenters. The highest BCUT2D eigenvalue weighted by molar-refractivity contribution is 5.87. The van der Waals surface area contributed by atoms with Crippen molar-refractivity contribution >= 4 is 5.97 Å². The van der Waals surface area contributed by atoms with Gasteiger partial charge in [-0.2, -0.15) is 0 Å². The molecular formula is C6H7NO3. The van der Waals surface area contributed by atoms with Crippen LogP contribution in [0.5, 0.6) is 0 Å². The number of hydrogen-bond acceptors (Lipinski definition) is 4. The van der Waals surface area contributed by atoms with Crippen LogP contribution in [-0.4, -0.2) is 5.97 Å². The number of carbonyl (C=O) groups is 1. The molecule has 0 heterocycles. The summed E-state index contributed by atoms with van der Waals surface area (Å²) in [6.45, 7) is 3.18. The first-order valence-corrected chi connectivity index (χ1v) is 2.64. The number of carbonyl (C=O) groups excluding carboxylic acids is 1. The van der Waals surface area contributed by atoms with Crippen molar-refractivity contribution in [3.63, 3.8) is 0 Å². The van der Waals surface area contributed by atoms with Gasteiger partial charge in [0.2, 0.25) is 0 Å². The molecule has 0 saturated heterocycles. The van der Waals surface area contributed by atoms with Crippen molar-refractivity contribution < 1.29 is 9.63 Å². The van der Waals surface area contributed by atoms with Gasteiger partial charge in [-0.05, 0) is 19.9 Å². The van der Waals surface area contributed by atoms with Crippen LogP contribution >= 0.6 is 0 Å². The normalized spacial score (nSPS) is 7.40. The maximum atomic E-state index is 10.5. The zero-order valence-corrected chi connectivity index (χ0v) is 5.75. The molecule has 54 valence electrons. The Morgan fingerprint density at radius 3 is 2.70 bits per heavy atom. The minimum Gasteiger partial charge on any atom is -0.279 e. The van der Waals surface area contributed by atoms with Crippen LogP contribution in [0.3, 0.4) is 0 Å². The SMILES string of the molecule is CC=C=C(C)C(=O)ON=O. The zero-order chi connectivity index (χ0) is 7.98. The molecule has 0 aliphatic rings. The van der Waals surface area contributed by atoms with Crippen LogP contribution in [0, 0.1) is 4.91 Å². The van der Waals surface area contributed by atoms with Crippen molar-refractivity contribution in [1.29, 1.82) is 0 Å². The fourth-order valence-electron chi connectivity index (χ4n) is 0.378. The summed E-state index contributed by atoms with van der Waals surface area (Å²) in [4.78, 5) is 23.6. The lowest BCUT2D eigenvalue weighted by Crippen LogP contribution is -1.98. The third kappa shape index (κ3) is 2.79. The Hall–Kier alpha value is -1.41. The van der Waals surface area contributed by atoms with E-state index in [-0.39, 0.29) is 5.57 Å². The maximum Gasteiger partial charge on any atom is 0.372 e. The molecule has 10 heavy (non-hydrogen) atoms. The Morgan fingerprint density at radius 2 is 2.30 bits per heavy atom. The summed E-state index contributed by atoms with van der Waals surface area (Å²) in [6.07, 6.45) is 1.54. The molecule has 0 aliphatic heterocycles. The smallest absolute Gasteiger partial charge is 0.279 e. The first kappa shape index (κ1) is 8.59. The Kier molecular flexibility index (Phi) is 3.84. The quantitative estimate of drug-likeness (QED) is 0.252. The van der Waals surface area contributed by atoms with Gasteiger partial charge in [-0.15, -0.1) is 10.6 Å². The van der Waals surface area contributed by atoms with Gasteiger partial charge in [-0.3, -0.25) is 4.84 Å². The molecule has 0 radical (unpaired) electrons. The number of hydrogen-bond donors (Lipinski definition) is 0. The molecule has 0 saturated carbocycles. The summed E-state index contributed by atoms with van der Waals surface area (Å²) in [7, 11) is 0. The molecule has 0 spiro atoms. The lowest BCUT2D eigenvalue weighted by molar-refractivity contribution is -0.139. The number of rotatable bonds is 2. The average molecular weight is 141 g/mol. The molecular weight excluding hydrogens is 134 g/mol. The second-order valence-electron chi connectivity index (χ2n) is 1.51. The maximum absolute atomic E-state index is 10.5. The molecule has 4 nitrogen and oxygen atoms in total. The topological polar surface area (TPSA) is 55.7 Å². The third-order valence-electron chi connectivity index (χ3n) is 0.787. The molecule has 0 fully saturated rings. The molecule has 0 aromatic rings. The highest BCUT2D eigenvalue weighted by atomic mass is 16.7. The molecule has 4 heteroatoms. The third-order valence-corrected chi connectivity index (χ3v) is 0.787. The van der Waals surface area contributed by atoms with E-state index in [1.807, 2.05) is 5.34 Å². The van der Waals surface area contributed by atoms with Crippen molar-refractivity contribution in [2.24, 2.45) is 5.34 Å². The lowest BCUT2D eigenvalue weighted by Gasteiger charge is -1.87. The van der Waals surface area contributed by atoms with Crippen LogP contribution in [0.4, 0.5) is 0 Å². The molecule has 0 aromatic heterocycles. The van der Waals surface area contributed by atoms with E-state index in [1.165, 1.54) is 6.92 Å². The molecule has 0 N–H and O–H groups in total. The predicted octanol–water partition coefficient (Wildman–Crippen LogP) is 1.33. The minimum absolute atomic E-state index is 0.224. The second-order valence-corrected chi connectivity index (χ2v) is 1.51. The number of nitrogens with zero attached hydrogens (tertiary/aromatic N) is 1. The van der Waals surface area contributed by atoms with Gasteiger partial charge in [0.1, 0.15) is 0 Å². The van der Waals surface area contributed by atoms with Gasteiger partial charge in [-0.25, -0.2) is 4.79 Å². The van der Waals surface area contributed by atoms with E-state index in [2.05, 4.69) is 10.6 Å². The molecule has 0 rings (SSSR count). The molecule has 0 atom stereocenters. The fraction of sp³-hybridized carbons (Fsp3) is 0.333. The lowest BCUT2D eigenvalue weighted by atomic mass is 10.3. The van der Waals surface area contributed by atoms with Gasteiger partial charge < -0.3 is 0 Å². The van der Waals surface area contributed by atoms with Gasteiger partial charge in [0.05, 0.1) is 5.57 Å². The summed E-state index contributed by atoms with van der Waals surface area (Å²) >= 11 is 0. The Labute approximate surface area is 58.1 Å². The van der Waals surface area contributed by atoms with Crippen molar-refractivity contribution in [2.45, 2.75) is 13.8 Å². The second kappa shape index (κ2) is 4.47. The van der Waals surface area contributed by atoms with Crippen LogP contribution in [0.25, 0.3) is 0 Å². The molecule has 0 aromatic carbocycles. The van der Waals surface area contributed by atoms with Gasteiger partial charge in [0, 0.05) is 0 Å². The summed E-state index contributed by atoms with van der Waals surface area (Å²) in [5, 5.41) is 1.96. The molecule has 0 amide bonds. The average Bonchev–Trinajstić information content (AvgIpc) is 1.89. The fourth-order valence-corrected chi connectivity index (χ4v) is 0.378. The van der Waals surface area contributed by atoms with Crippen LogP contribution in [0.2, 0.25) is 0 Å². The molecule has 0 aliphatic carbocycles. The summed E-state index contributed by atoms with van der Waals surface area (Å²) in [5.41, 5.74) is 2.77. The first-order valence-electron chi connectivity index (χ1n) is 2.64.